The van der Waals surface area contributed by atoms with Crippen molar-refractivity contribution in [3.8, 4) is 6.07 Å². The van der Waals surface area contributed by atoms with Crippen LogP contribution in [0.4, 0.5) is 0 Å². The van der Waals surface area contributed by atoms with Crippen molar-refractivity contribution in [1.82, 2.24) is 5.43 Å². The summed E-state index contributed by atoms with van der Waals surface area (Å²) in [6, 6.07) is 16.1. The monoisotopic (exact) mass is 324 g/mol. The Morgan fingerprint density at radius 2 is 1.65 bits per heavy atom. The first kappa shape index (κ1) is 16.2. The molecule has 3 N–H and O–H groups in total. The molecule has 0 radical (unpaired) electrons. The van der Waals surface area contributed by atoms with E-state index in [2.05, 4.69) is 20.7 Å². The van der Waals surface area contributed by atoms with E-state index in [0.717, 1.165) is 11.1 Å². The number of nitrogens with two attached hydrogens (primary N) is 1. The maximum absolute atomic E-state index is 8.71. The predicted octanol–water partition coefficient (Wildman–Crippen LogP) is 2.48. The molecule has 2 rings (SSSR count). The lowest BCUT2D eigenvalue weighted by molar-refractivity contribution is 0.994. The quantitative estimate of drug-likeness (QED) is 0.513. The van der Waals surface area contributed by atoms with Gasteiger partial charge in [-0.05, 0) is 35.4 Å². The van der Waals surface area contributed by atoms with E-state index in [9.17, 15) is 0 Å². The second-order valence-corrected chi connectivity index (χ2v) is 4.82. The molecule has 0 saturated carbocycles. The van der Waals surface area contributed by atoms with Gasteiger partial charge in [0.15, 0.2) is 0 Å². The third kappa shape index (κ3) is 5.61. The number of nitriles is 1. The molecule has 6 nitrogen and oxygen atoms in total. The summed E-state index contributed by atoms with van der Waals surface area (Å²) in [7, 11) is 0. The Balaban J connectivity index is 1.87. The summed E-state index contributed by atoms with van der Waals surface area (Å²) in [5.74, 6) is 0.0557. The Kier molecular flexibility index (Phi) is 5.86. The molecule has 0 unspecified atom stereocenters. The summed E-state index contributed by atoms with van der Waals surface area (Å²) in [6.07, 6.45) is 3.11. The van der Waals surface area contributed by atoms with Crippen molar-refractivity contribution < 1.29 is 0 Å². The molecule has 0 saturated heterocycles. The van der Waals surface area contributed by atoms with Crippen LogP contribution >= 0.6 is 11.6 Å². The average Bonchev–Trinajstić information content (AvgIpc) is 2.57. The highest BCUT2D eigenvalue weighted by atomic mass is 35.5. The number of nitrogens with zero attached hydrogens (tertiary/aromatic N) is 4. The Labute approximate surface area is 138 Å². The summed E-state index contributed by atoms with van der Waals surface area (Å²) in [4.78, 5) is 0. The van der Waals surface area contributed by atoms with Crippen LogP contribution in [0.25, 0.3) is 0 Å². The van der Waals surface area contributed by atoms with Crippen LogP contribution in [0.15, 0.2) is 63.8 Å². The minimum absolute atomic E-state index is 0.0557. The summed E-state index contributed by atoms with van der Waals surface area (Å²) >= 11 is 5.79. The van der Waals surface area contributed by atoms with Gasteiger partial charge in [0.2, 0.25) is 5.96 Å². The van der Waals surface area contributed by atoms with Crippen LogP contribution in [-0.2, 0) is 0 Å². The van der Waals surface area contributed by atoms with Crippen LogP contribution < -0.4 is 11.2 Å². The topological polar surface area (TPSA) is 98.9 Å². The minimum Gasteiger partial charge on any atom is -0.367 e. The van der Waals surface area contributed by atoms with Gasteiger partial charge in [0, 0.05) is 5.02 Å². The van der Waals surface area contributed by atoms with Gasteiger partial charge in [-0.1, -0.05) is 35.9 Å². The Morgan fingerprint density at radius 1 is 1.04 bits per heavy atom. The summed E-state index contributed by atoms with van der Waals surface area (Å²) in [6.45, 7) is 0. The van der Waals surface area contributed by atoms with Crippen molar-refractivity contribution in [1.29, 1.82) is 5.26 Å². The third-order valence-corrected chi connectivity index (χ3v) is 2.93. The van der Waals surface area contributed by atoms with Gasteiger partial charge in [0.25, 0.3) is 0 Å². The largest absolute Gasteiger partial charge is 0.367 e. The van der Waals surface area contributed by atoms with Gasteiger partial charge in [-0.3, -0.25) is 0 Å². The number of hydrogen-bond donors (Lipinski definition) is 2. The van der Waals surface area contributed by atoms with Gasteiger partial charge in [0.05, 0.1) is 24.1 Å². The molecule has 0 aliphatic rings. The Morgan fingerprint density at radius 3 is 2.30 bits per heavy atom. The molecular formula is C16H13ClN6. The van der Waals surface area contributed by atoms with Crippen molar-refractivity contribution >= 4 is 30.0 Å². The lowest BCUT2D eigenvalue weighted by Gasteiger charge is -1.96. The van der Waals surface area contributed by atoms with Gasteiger partial charge in [-0.15, -0.1) is 5.10 Å². The van der Waals surface area contributed by atoms with E-state index < -0.39 is 0 Å². The zero-order valence-corrected chi connectivity index (χ0v) is 12.8. The van der Waals surface area contributed by atoms with E-state index in [1.807, 2.05) is 18.2 Å². The molecule has 2 aromatic rings. The van der Waals surface area contributed by atoms with E-state index in [1.54, 1.807) is 48.8 Å². The molecule has 0 aliphatic carbocycles. The van der Waals surface area contributed by atoms with Crippen molar-refractivity contribution in [2.45, 2.75) is 0 Å². The molecule has 0 amide bonds. The molecule has 0 spiro atoms. The van der Waals surface area contributed by atoms with E-state index >= 15 is 0 Å². The van der Waals surface area contributed by atoms with Crippen LogP contribution in [-0.4, -0.2) is 18.4 Å². The van der Waals surface area contributed by atoms with Gasteiger partial charge >= 0.3 is 0 Å². The number of hydrazone groups is 1. The van der Waals surface area contributed by atoms with Gasteiger partial charge in [-0.2, -0.15) is 15.5 Å². The number of benzene rings is 2. The highest BCUT2D eigenvalue weighted by molar-refractivity contribution is 6.30. The number of guanidine groups is 1. The molecule has 7 heteroatoms. The molecule has 0 fully saturated rings. The average molecular weight is 325 g/mol. The maximum Gasteiger partial charge on any atom is 0.234 e. The molecule has 0 aromatic heterocycles. The number of halogens is 1. The molecular weight excluding hydrogens is 312 g/mol. The Hall–Kier alpha value is -3.17. The third-order valence-electron chi connectivity index (χ3n) is 2.67. The van der Waals surface area contributed by atoms with Crippen LogP contribution in [0.3, 0.4) is 0 Å². The van der Waals surface area contributed by atoms with Crippen LogP contribution in [0.2, 0.25) is 5.02 Å². The van der Waals surface area contributed by atoms with E-state index in [-0.39, 0.29) is 5.96 Å². The van der Waals surface area contributed by atoms with Gasteiger partial charge in [-0.25, -0.2) is 5.43 Å². The highest BCUT2D eigenvalue weighted by Crippen LogP contribution is 2.07. The number of hydrogen-bond acceptors (Lipinski definition) is 4. The molecule has 0 atom stereocenters. The molecule has 0 aliphatic heterocycles. The van der Waals surface area contributed by atoms with E-state index in [0.29, 0.717) is 10.6 Å². The SMILES string of the molecule is N#Cc1ccc(C=NN/C(N)=N\N=Cc2ccc(Cl)cc2)cc1. The van der Waals surface area contributed by atoms with E-state index in [4.69, 9.17) is 22.6 Å². The fourth-order valence-electron chi connectivity index (χ4n) is 1.55. The predicted molar refractivity (Wildman–Crippen MR) is 92.6 cm³/mol. The molecule has 0 bridgehead atoms. The summed E-state index contributed by atoms with van der Waals surface area (Å²) in [5, 5.41) is 20.9. The maximum atomic E-state index is 8.71. The molecule has 114 valence electrons. The van der Waals surface area contributed by atoms with Crippen LogP contribution in [0.5, 0.6) is 0 Å². The van der Waals surface area contributed by atoms with Crippen molar-refractivity contribution in [2.75, 3.05) is 0 Å². The van der Waals surface area contributed by atoms with Crippen molar-refractivity contribution in [3.63, 3.8) is 0 Å². The summed E-state index contributed by atoms with van der Waals surface area (Å²) in [5.41, 5.74) is 10.4. The fraction of sp³-hybridized carbons (Fsp3) is 0. The number of nitrogens with one attached hydrogen (secondary N) is 1. The number of rotatable bonds is 4. The van der Waals surface area contributed by atoms with Gasteiger partial charge < -0.3 is 5.73 Å². The van der Waals surface area contributed by atoms with E-state index in [1.165, 1.54) is 0 Å². The molecule has 0 heterocycles. The summed E-state index contributed by atoms with van der Waals surface area (Å²) < 4.78 is 0. The normalized spacial score (nSPS) is 11.7. The second kappa shape index (κ2) is 8.32. The zero-order chi connectivity index (χ0) is 16.5. The van der Waals surface area contributed by atoms with Gasteiger partial charge in [0.1, 0.15) is 0 Å². The van der Waals surface area contributed by atoms with Crippen LogP contribution in [0, 0.1) is 11.3 Å². The molecule has 23 heavy (non-hydrogen) atoms. The van der Waals surface area contributed by atoms with Crippen molar-refractivity contribution in [2.24, 2.45) is 21.0 Å². The first-order chi connectivity index (χ1) is 11.2. The smallest absolute Gasteiger partial charge is 0.234 e. The first-order valence-electron chi connectivity index (χ1n) is 6.58. The molecule has 2 aromatic carbocycles. The zero-order valence-electron chi connectivity index (χ0n) is 12.0. The lowest BCUT2D eigenvalue weighted by Crippen LogP contribution is -2.26. The first-order valence-corrected chi connectivity index (χ1v) is 6.96. The van der Waals surface area contributed by atoms with Crippen LogP contribution in [0.1, 0.15) is 16.7 Å². The minimum atomic E-state index is 0.0557. The fourth-order valence-corrected chi connectivity index (χ4v) is 1.67. The highest BCUT2D eigenvalue weighted by Gasteiger charge is 1.91. The second-order valence-electron chi connectivity index (χ2n) is 4.39. The van der Waals surface area contributed by atoms with Crippen molar-refractivity contribution in [3.05, 3.63) is 70.2 Å². The Bertz CT molecular complexity index is 770. The standard InChI is InChI=1S/C16H13ClN6/c17-15-7-5-14(6-8-15)11-21-23-16(19)22-20-10-13-3-1-12(9-18)2-4-13/h1-8,10-11H,(H3,19,22,23). The lowest BCUT2D eigenvalue weighted by atomic mass is 10.2.